The van der Waals surface area contributed by atoms with Crippen LogP contribution in [0.25, 0.3) is 0 Å². The van der Waals surface area contributed by atoms with Crippen molar-refractivity contribution in [3.8, 4) is 0 Å². The minimum Gasteiger partial charge on any atom is -0.328 e. The van der Waals surface area contributed by atoms with E-state index in [2.05, 4.69) is 37.1 Å². The molecule has 0 spiro atoms. The van der Waals surface area contributed by atoms with Crippen LogP contribution in [0.4, 0.5) is 0 Å². The molecule has 2 rings (SSSR count). The number of aromatic nitrogens is 2. The molecule has 1 aliphatic rings. The van der Waals surface area contributed by atoms with Crippen molar-refractivity contribution in [1.82, 2.24) is 14.7 Å². The summed E-state index contributed by atoms with van der Waals surface area (Å²) in [5.74, 6) is 0. The number of nitrogens with zero attached hydrogens (tertiary/aromatic N) is 3. The van der Waals surface area contributed by atoms with Crippen molar-refractivity contribution in [2.75, 3.05) is 7.05 Å². The number of hydrogen-bond donors (Lipinski definition) is 1. The number of rotatable bonds is 4. The van der Waals surface area contributed by atoms with Crippen molar-refractivity contribution in [2.45, 2.75) is 64.2 Å². The van der Waals surface area contributed by atoms with E-state index in [9.17, 15) is 0 Å². The van der Waals surface area contributed by atoms with Gasteiger partial charge in [0, 0.05) is 36.4 Å². The smallest absolute Gasteiger partial charge is 0.0534 e. The van der Waals surface area contributed by atoms with Gasteiger partial charge in [-0.25, -0.2) is 0 Å². The maximum Gasteiger partial charge on any atom is 0.0534 e. The molecule has 2 N–H and O–H groups in total. The molecule has 1 saturated carbocycles. The first-order valence-corrected chi connectivity index (χ1v) is 7.05. The quantitative estimate of drug-likeness (QED) is 0.891. The summed E-state index contributed by atoms with van der Waals surface area (Å²) in [4.78, 5) is 2.45. The number of nitrogens with two attached hydrogens (primary N) is 1. The van der Waals surface area contributed by atoms with Crippen LogP contribution in [0, 0.1) is 0 Å². The van der Waals surface area contributed by atoms with Gasteiger partial charge < -0.3 is 5.73 Å². The van der Waals surface area contributed by atoms with Crippen LogP contribution < -0.4 is 5.73 Å². The second-order valence-corrected chi connectivity index (χ2v) is 5.91. The summed E-state index contributed by atoms with van der Waals surface area (Å²) in [5.41, 5.74) is 7.26. The van der Waals surface area contributed by atoms with E-state index >= 15 is 0 Å². The van der Waals surface area contributed by atoms with Crippen LogP contribution in [-0.4, -0.2) is 33.8 Å². The lowest BCUT2D eigenvalue weighted by Gasteiger charge is -2.33. The van der Waals surface area contributed by atoms with Gasteiger partial charge >= 0.3 is 0 Å². The van der Waals surface area contributed by atoms with Crippen molar-refractivity contribution in [3.05, 3.63) is 18.0 Å². The average molecular weight is 250 g/mol. The summed E-state index contributed by atoms with van der Waals surface area (Å²) >= 11 is 0. The molecule has 1 aromatic rings. The zero-order valence-corrected chi connectivity index (χ0v) is 11.8. The van der Waals surface area contributed by atoms with Crippen molar-refractivity contribution in [2.24, 2.45) is 5.73 Å². The highest BCUT2D eigenvalue weighted by Crippen LogP contribution is 2.22. The summed E-state index contributed by atoms with van der Waals surface area (Å²) in [6.07, 6.45) is 8.95. The van der Waals surface area contributed by atoms with Crippen molar-refractivity contribution < 1.29 is 0 Å². The minimum absolute atomic E-state index is 0.429. The molecular weight excluding hydrogens is 224 g/mol. The number of hydrogen-bond acceptors (Lipinski definition) is 3. The lowest BCUT2D eigenvalue weighted by molar-refractivity contribution is 0.176. The third-order valence-corrected chi connectivity index (χ3v) is 3.98. The lowest BCUT2D eigenvalue weighted by atomic mass is 9.91. The van der Waals surface area contributed by atoms with E-state index in [-0.39, 0.29) is 0 Å². The fourth-order valence-corrected chi connectivity index (χ4v) is 2.70. The molecule has 1 aromatic heterocycles. The molecule has 0 radical (unpaired) electrons. The van der Waals surface area contributed by atoms with E-state index in [1.54, 1.807) is 0 Å². The Kier molecular flexibility index (Phi) is 4.40. The molecule has 1 aliphatic carbocycles. The summed E-state index contributed by atoms with van der Waals surface area (Å²) in [6, 6.07) is 1.56. The molecule has 4 heteroatoms. The van der Waals surface area contributed by atoms with Crippen molar-refractivity contribution in [3.63, 3.8) is 0 Å². The standard InChI is InChI=1S/C14H26N4/c1-11(2)18-10-12(8-16-18)9-17(3)14-6-4-13(15)5-7-14/h8,10-11,13-14H,4-7,9,15H2,1-3H3. The largest absolute Gasteiger partial charge is 0.328 e. The van der Waals surface area contributed by atoms with Gasteiger partial charge in [-0.2, -0.15) is 5.10 Å². The average Bonchev–Trinajstić information content (AvgIpc) is 2.78. The fraction of sp³-hybridized carbons (Fsp3) is 0.786. The molecule has 0 atom stereocenters. The van der Waals surface area contributed by atoms with Crippen LogP contribution in [0.1, 0.15) is 51.1 Å². The first kappa shape index (κ1) is 13.6. The normalized spacial score (nSPS) is 25.0. The highest BCUT2D eigenvalue weighted by molar-refractivity contribution is 5.04. The van der Waals surface area contributed by atoms with Gasteiger partial charge in [0.15, 0.2) is 0 Å². The molecule has 102 valence electrons. The lowest BCUT2D eigenvalue weighted by Crippen LogP contribution is -2.38. The Morgan fingerprint density at radius 1 is 1.39 bits per heavy atom. The molecule has 0 unspecified atom stereocenters. The summed E-state index contributed by atoms with van der Waals surface area (Å²) < 4.78 is 2.03. The Hall–Kier alpha value is -0.870. The van der Waals surface area contributed by atoms with E-state index in [4.69, 9.17) is 5.73 Å². The molecule has 1 heterocycles. The molecule has 1 fully saturated rings. The Labute approximate surface area is 110 Å². The van der Waals surface area contributed by atoms with Crippen LogP contribution in [0.5, 0.6) is 0 Å². The predicted octanol–water partition coefficient (Wildman–Crippen LogP) is 2.17. The first-order chi connectivity index (χ1) is 8.56. The Morgan fingerprint density at radius 2 is 2.06 bits per heavy atom. The minimum atomic E-state index is 0.429. The van der Waals surface area contributed by atoms with Gasteiger partial charge in [-0.15, -0.1) is 0 Å². The molecule has 0 bridgehead atoms. The molecule has 0 saturated heterocycles. The van der Waals surface area contributed by atoms with E-state index in [1.807, 2.05) is 10.9 Å². The van der Waals surface area contributed by atoms with Gasteiger partial charge in [-0.05, 0) is 46.6 Å². The van der Waals surface area contributed by atoms with Crippen molar-refractivity contribution >= 4 is 0 Å². The van der Waals surface area contributed by atoms with Crippen molar-refractivity contribution in [1.29, 1.82) is 0 Å². The van der Waals surface area contributed by atoms with Gasteiger partial charge in [-0.1, -0.05) is 0 Å². The highest BCUT2D eigenvalue weighted by atomic mass is 15.3. The first-order valence-electron chi connectivity index (χ1n) is 7.05. The van der Waals surface area contributed by atoms with E-state index in [1.165, 1.54) is 31.2 Å². The molecular formula is C14H26N4. The Bertz CT molecular complexity index is 364. The summed E-state index contributed by atoms with van der Waals surface area (Å²) in [7, 11) is 2.22. The zero-order chi connectivity index (χ0) is 13.1. The van der Waals surface area contributed by atoms with E-state index in [0.717, 1.165) is 6.54 Å². The summed E-state index contributed by atoms with van der Waals surface area (Å²) in [5, 5.41) is 4.40. The van der Waals surface area contributed by atoms with Crippen LogP contribution in [-0.2, 0) is 6.54 Å². The van der Waals surface area contributed by atoms with E-state index in [0.29, 0.717) is 18.1 Å². The zero-order valence-electron chi connectivity index (χ0n) is 11.8. The van der Waals surface area contributed by atoms with Gasteiger partial charge in [0.25, 0.3) is 0 Å². The Morgan fingerprint density at radius 3 is 2.61 bits per heavy atom. The third-order valence-electron chi connectivity index (χ3n) is 3.98. The molecule has 0 aromatic carbocycles. The van der Waals surface area contributed by atoms with Crippen LogP contribution >= 0.6 is 0 Å². The second-order valence-electron chi connectivity index (χ2n) is 5.91. The van der Waals surface area contributed by atoms with Crippen LogP contribution in [0.2, 0.25) is 0 Å². The highest BCUT2D eigenvalue weighted by Gasteiger charge is 2.22. The third kappa shape index (κ3) is 3.33. The topological polar surface area (TPSA) is 47.1 Å². The van der Waals surface area contributed by atoms with Gasteiger partial charge in [0.1, 0.15) is 0 Å². The van der Waals surface area contributed by atoms with Crippen LogP contribution in [0.15, 0.2) is 12.4 Å². The monoisotopic (exact) mass is 250 g/mol. The fourth-order valence-electron chi connectivity index (χ4n) is 2.70. The molecule has 0 aliphatic heterocycles. The van der Waals surface area contributed by atoms with Gasteiger partial charge in [0.2, 0.25) is 0 Å². The molecule has 0 amide bonds. The summed E-state index contributed by atoms with van der Waals surface area (Å²) in [6.45, 7) is 5.30. The maximum atomic E-state index is 5.95. The van der Waals surface area contributed by atoms with Gasteiger partial charge in [0.05, 0.1) is 6.20 Å². The molecule has 18 heavy (non-hydrogen) atoms. The maximum absolute atomic E-state index is 5.95. The second kappa shape index (κ2) is 5.85. The van der Waals surface area contributed by atoms with Crippen LogP contribution in [0.3, 0.4) is 0 Å². The molecule has 4 nitrogen and oxygen atoms in total. The predicted molar refractivity (Wildman–Crippen MR) is 74.3 cm³/mol. The SMILES string of the molecule is CC(C)n1cc(CN(C)C2CCC(N)CC2)cn1. The Balaban J connectivity index is 1.88. The van der Waals surface area contributed by atoms with E-state index < -0.39 is 0 Å². The van der Waals surface area contributed by atoms with Gasteiger partial charge in [-0.3, -0.25) is 9.58 Å².